The van der Waals surface area contributed by atoms with Gasteiger partial charge < -0.3 is 20.5 Å². The van der Waals surface area contributed by atoms with Gasteiger partial charge in [0.2, 0.25) is 0 Å². The molecule has 1 unspecified atom stereocenters. The Hall–Kier alpha value is -3.90. The lowest BCUT2D eigenvalue weighted by atomic mass is 10.2. The molecule has 3 N–H and O–H groups in total. The van der Waals surface area contributed by atoms with Crippen molar-refractivity contribution in [2.45, 2.75) is 39.1 Å². The van der Waals surface area contributed by atoms with Gasteiger partial charge in [0.05, 0.1) is 23.7 Å². The van der Waals surface area contributed by atoms with Crippen LogP contribution in [0.2, 0.25) is 0 Å². The number of pyridine rings is 1. The molecule has 0 spiro atoms. The fraction of sp³-hybridized carbons (Fsp3) is 0.318. The lowest BCUT2D eigenvalue weighted by Gasteiger charge is -2.19. The van der Waals surface area contributed by atoms with Crippen LogP contribution in [0.15, 0.2) is 30.5 Å². The van der Waals surface area contributed by atoms with Crippen LogP contribution >= 0.6 is 0 Å². The third-order valence-corrected chi connectivity index (χ3v) is 4.96. The molecule has 2 heterocycles. The fourth-order valence-corrected chi connectivity index (χ4v) is 3.49. The number of nitrogens with one attached hydrogen (secondary N) is 2. The number of hydrogen-bond acceptors (Lipinski definition) is 4. The average molecular weight is 500 g/mol. The molecule has 8 nitrogen and oxygen atoms in total. The van der Waals surface area contributed by atoms with Crippen LogP contribution in [-0.2, 0) is 6.61 Å². The number of halogens is 5. The van der Waals surface area contributed by atoms with Gasteiger partial charge in [-0.2, -0.15) is 13.2 Å². The van der Waals surface area contributed by atoms with Crippen LogP contribution in [0, 0.1) is 25.5 Å². The van der Waals surface area contributed by atoms with E-state index in [1.807, 2.05) is 0 Å². The summed E-state index contributed by atoms with van der Waals surface area (Å²) in [5.74, 6) is -2.27. The summed E-state index contributed by atoms with van der Waals surface area (Å²) in [6.07, 6.45) is -6.26. The minimum Gasteiger partial charge on any atom is -0.485 e. The van der Waals surface area contributed by atoms with Crippen molar-refractivity contribution in [1.82, 2.24) is 20.0 Å². The minimum atomic E-state index is -4.65. The van der Waals surface area contributed by atoms with Crippen LogP contribution in [0.25, 0.3) is 5.65 Å². The quantitative estimate of drug-likeness (QED) is 0.404. The molecule has 2 amide bonds. The highest BCUT2D eigenvalue weighted by atomic mass is 19.4. The van der Waals surface area contributed by atoms with Crippen molar-refractivity contribution in [3.05, 3.63) is 64.6 Å². The summed E-state index contributed by atoms with van der Waals surface area (Å²) in [5.41, 5.74) is 0.622. The first-order valence-electron chi connectivity index (χ1n) is 10.2. The molecule has 0 saturated heterocycles. The Morgan fingerprint density at radius 1 is 1.20 bits per heavy atom. The number of rotatable bonds is 8. The Bertz CT molecular complexity index is 1240. The van der Waals surface area contributed by atoms with Gasteiger partial charge in [-0.15, -0.1) is 0 Å². The number of carbonyl (C=O) groups is 2. The molecule has 0 saturated carbocycles. The highest BCUT2D eigenvalue weighted by Crippen LogP contribution is 2.26. The lowest BCUT2D eigenvalue weighted by Crippen LogP contribution is -2.45. The number of carboxylic acid groups (broad SMARTS) is 1. The van der Waals surface area contributed by atoms with E-state index in [0.717, 1.165) is 12.1 Å². The topological polar surface area (TPSA) is 105 Å². The summed E-state index contributed by atoms with van der Waals surface area (Å²) in [6.45, 7) is 2.08. The first-order chi connectivity index (χ1) is 16.4. The van der Waals surface area contributed by atoms with E-state index in [2.05, 4.69) is 10.3 Å². The standard InChI is InChI=1S/C22H21F5N4O4/c1-11-6-17(35-10-14-15(23)4-3-5-16(14)24)19-29-12(2)18(31(19)9-11)20(32)28-8-13(30-21(33)34)7-22(25,26)27/h3-6,9,13,30H,7-8,10H2,1-2H3,(H,28,32)(H,33,34). The summed E-state index contributed by atoms with van der Waals surface area (Å²) in [5, 5.41) is 12.8. The van der Waals surface area contributed by atoms with Gasteiger partial charge in [0.1, 0.15) is 23.9 Å². The van der Waals surface area contributed by atoms with Crippen molar-refractivity contribution >= 4 is 17.6 Å². The van der Waals surface area contributed by atoms with Crippen molar-refractivity contribution < 1.29 is 41.4 Å². The summed E-state index contributed by atoms with van der Waals surface area (Å²) >= 11 is 0. The number of alkyl halides is 3. The van der Waals surface area contributed by atoms with Gasteiger partial charge in [0, 0.05) is 12.7 Å². The number of amides is 2. The highest BCUT2D eigenvalue weighted by molar-refractivity contribution is 5.95. The number of hydrogen-bond donors (Lipinski definition) is 3. The summed E-state index contributed by atoms with van der Waals surface area (Å²) in [6, 6.07) is 3.33. The zero-order valence-electron chi connectivity index (χ0n) is 18.5. The van der Waals surface area contributed by atoms with Crippen molar-refractivity contribution in [2.24, 2.45) is 0 Å². The molecule has 1 atom stereocenters. The smallest absolute Gasteiger partial charge is 0.404 e. The van der Waals surface area contributed by atoms with Crippen LogP contribution < -0.4 is 15.4 Å². The Morgan fingerprint density at radius 3 is 2.46 bits per heavy atom. The van der Waals surface area contributed by atoms with Crippen molar-refractivity contribution in [3.63, 3.8) is 0 Å². The lowest BCUT2D eigenvalue weighted by molar-refractivity contribution is -0.139. The van der Waals surface area contributed by atoms with E-state index in [1.54, 1.807) is 18.3 Å². The zero-order chi connectivity index (χ0) is 25.9. The normalized spacial score (nSPS) is 12.4. The maximum absolute atomic E-state index is 13.9. The fourth-order valence-electron chi connectivity index (χ4n) is 3.49. The predicted molar refractivity (Wildman–Crippen MR) is 113 cm³/mol. The van der Waals surface area contributed by atoms with Gasteiger partial charge in [-0.1, -0.05) is 6.07 Å². The average Bonchev–Trinajstić information content (AvgIpc) is 3.05. The SMILES string of the molecule is Cc1cc(OCc2c(F)cccc2F)c2nc(C)c(C(=O)NCC(CC(F)(F)F)NC(=O)O)n2c1. The number of aryl methyl sites for hydroxylation is 2. The van der Waals surface area contributed by atoms with E-state index in [0.29, 0.717) is 5.56 Å². The first-order valence-corrected chi connectivity index (χ1v) is 10.2. The van der Waals surface area contributed by atoms with Gasteiger partial charge in [0.15, 0.2) is 11.4 Å². The highest BCUT2D eigenvalue weighted by Gasteiger charge is 2.33. The van der Waals surface area contributed by atoms with Crippen LogP contribution in [-0.4, -0.2) is 45.3 Å². The molecule has 35 heavy (non-hydrogen) atoms. The number of ether oxygens (including phenoxy) is 1. The van der Waals surface area contributed by atoms with Gasteiger partial charge in [-0.3, -0.25) is 9.20 Å². The second kappa shape index (κ2) is 10.2. The van der Waals surface area contributed by atoms with Gasteiger partial charge >= 0.3 is 12.3 Å². The van der Waals surface area contributed by atoms with Crippen LogP contribution in [0.3, 0.4) is 0 Å². The molecule has 0 aliphatic heterocycles. The third-order valence-electron chi connectivity index (χ3n) is 4.96. The van der Waals surface area contributed by atoms with E-state index in [1.165, 1.54) is 23.6 Å². The van der Waals surface area contributed by atoms with E-state index in [-0.39, 0.29) is 28.3 Å². The van der Waals surface area contributed by atoms with Crippen molar-refractivity contribution in [3.8, 4) is 5.75 Å². The number of imidazole rings is 1. The Labute approximate surface area is 195 Å². The molecule has 3 rings (SSSR count). The van der Waals surface area contributed by atoms with Crippen molar-refractivity contribution in [1.29, 1.82) is 0 Å². The van der Waals surface area contributed by atoms with Crippen LogP contribution in [0.5, 0.6) is 5.75 Å². The second-order valence-electron chi connectivity index (χ2n) is 7.79. The molecule has 0 aliphatic rings. The maximum Gasteiger partial charge on any atom is 0.404 e. The molecule has 188 valence electrons. The number of fused-ring (bicyclic) bond motifs is 1. The van der Waals surface area contributed by atoms with E-state index in [4.69, 9.17) is 9.84 Å². The Kier molecular flexibility index (Phi) is 7.46. The molecule has 3 aromatic rings. The molecular formula is C22H21F5N4O4. The molecule has 0 radical (unpaired) electrons. The minimum absolute atomic E-state index is 0.0216. The van der Waals surface area contributed by atoms with Gasteiger partial charge in [0.25, 0.3) is 5.91 Å². The summed E-state index contributed by atoms with van der Waals surface area (Å²) in [7, 11) is 0. The molecule has 1 aromatic carbocycles. The Balaban J connectivity index is 1.85. The number of nitrogens with zero attached hydrogens (tertiary/aromatic N) is 2. The van der Waals surface area contributed by atoms with Crippen molar-refractivity contribution in [2.75, 3.05) is 6.54 Å². The zero-order valence-corrected chi connectivity index (χ0v) is 18.5. The number of aromatic nitrogens is 2. The summed E-state index contributed by atoms with van der Waals surface area (Å²) in [4.78, 5) is 27.9. The van der Waals surface area contributed by atoms with E-state index in [9.17, 15) is 31.5 Å². The summed E-state index contributed by atoms with van der Waals surface area (Å²) < 4.78 is 73.1. The first kappa shape index (κ1) is 25.7. The Morgan fingerprint density at radius 2 is 1.86 bits per heavy atom. The second-order valence-corrected chi connectivity index (χ2v) is 7.79. The predicted octanol–water partition coefficient (Wildman–Crippen LogP) is 4.13. The molecule has 2 aromatic heterocycles. The molecular weight excluding hydrogens is 479 g/mol. The van der Waals surface area contributed by atoms with Crippen LogP contribution in [0.1, 0.15) is 33.7 Å². The third kappa shape index (κ3) is 6.37. The van der Waals surface area contributed by atoms with Gasteiger partial charge in [-0.05, 0) is 37.6 Å². The van der Waals surface area contributed by atoms with Gasteiger partial charge in [-0.25, -0.2) is 18.6 Å². The van der Waals surface area contributed by atoms with E-state index < -0.39 is 55.4 Å². The largest absolute Gasteiger partial charge is 0.485 e. The molecule has 13 heteroatoms. The monoisotopic (exact) mass is 500 g/mol. The van der Waals surface area contributed by atoms with Crippen LogP contribution in [0.4, 0.5) is 26.7 Å². The molecule has 0 bridgehead atoms. The molecule has 0 fully saturated rings. The maximum atomic E-state index is 13.9. The van der Waals surface area contributed by atoms with E-state index >= 15 is 0 Å². The number of carbonyl (C=O) groups excluding carboxylic acids is 1. The molecule has 0 aliphatic carbocycles. The number of benzene rings is 1.